The van der Waals surface area contributed by atoms with Crippen molar-refractivity contribution in [3.63, 3.8) is 0 Å². The fourth-order valence-corrected chi connectivity index (χ4v) is 5.66. The quantitative estimate of drug-likeness (QED) is 0.918. The van der Waals surface area contributed by atoms with Crippen molar-refractivity contribution in [1.29, 1.82) is 0 Å². The lowest BCUT2D eigenvalue weighted by Gasteiger charge is -2.39. The molecule has 4 heteroatoms. The van der Waals surface area contributed by atoms with Gasteiger partial charge >= 0.3 is 0 Å². The summed E-state index contributed by atoms with van der Waals surface area (Å²) >= 11 is 4.19. The molecule has 2 aliphatic heterocycles. The van der Waals surface area contributed by atoms with Crippen molar-refractivity contribution < 1.29 is 4.74 Å². The Hall–Kier alpha value is -0.160. The van der Waals surface area contributed by atoms with Crippen molar-refractivity contribution in [1.82, 2.24) is 5.32 Å². The maximum Gasteiger partial charge on any atom is 0.0475 e. The Kier molecular flexibility index (Phi) is 5.92. The van der Waals surface area contributed by atoms with Crippen molar-refractivity contribution in [3.05, 3.63) is 35.9 Å². The first-order valence-electron chi connectivity index (χ1n) is 7.91. The van der Waals surface area contributed by atoms with Crippen molar-refractivity contribution in [2.75, 3.05) is 42.8 Å². The Labute approximate surface area is 136 Å². The van der Waals surface area contributed by atoms with Crippen LogP contribution in [0, 0.1) is 0 Å². The van der Waals surface area contributed by atoms with E-state index in [0.29, 0.717) is 6.04 Å². The third-order valence-corrected chi connectivity index (χ3v) is 7.10. The third-order valence-electron chi connectivity index (χ3n) is 4.58. The van der Waals surface area contributed by atoms with E-state index in [2.05, 4.69) is 59.2 Å². The Morgan fingerprint density at radius 1 is 1.05 bits per heavy atom. The van der Waals surface area contributed by atoms with Gasteiger partial charge in [0.05, 0.1) is 0 Å². The molecule has 1 N–H and O–H groups in total. The number of nitrogens with one attached hydrogen (secondary N) is 1. The number of benzene rings is 1. The van der Waals surface area contributed by atoms with E-state index < -0.39 is 0 Å². The molecule has 21 heavy (non-hydrogen) atoms. The first kappa shape index (κ1) is 15.7. The van der Waals surface area contributed by atoms with E-state index in [9.17, 15) is 0 Å². The molecule has 2 heterocycles. The minimum Gasteiger partial charge on any atom is -0.381 e. The molecule has 2 fully saturated rings. The maximum atomic E-state index is 5.62. The summed E-state index contributed by atoms with van der Waals surface area (Å²) in [5, 5.41) is 3.87. The van der Waals surface area contributed by atoms with Gasteiger partial charge in [-0.1, -0.05) is 30.3 Å². The van der Waals surface area contributed by atoms with Gasteiger partial charge in [0.15, 0.2) is 0 Å². The molecule has 0 atom stereocenters. The molecule has 3 rings (SSSR count). The molecule has 0 bridgehead atoms. The summed E-state index contributed by atoms with van der Waals surface area (Å²) in [7, 11) is 0. The number of thioether (sulfide) groups is 2. The number of ether oxygens (including phenoxy) is 1. The van der Waals surface area contributed by atoms with Gasteiger partial charge in [-0.2, -0.15) is 23.5 Å². The monoisotopic (exact) mass is 323 g/mol. The lowest BCUT2D eigenvalue weighted by molar-refractivity contribution is 0.0493. The standard InChI is InChI=1S/C17H25NOS2/c1-2-4-15(5-3-1)17(6-8-19-9-7-17)14-18-16-12-20-10-11-21-13-16/h1-5,16,18H,6-14H2. The Morgan fingerprint density at radius 2 is 1.71 bits per heavy atom. The van der Waals surface area contributed by atoms with Crippen LogP contribution in [0.5, 0.6) is 0 Å². The predicted octanol–water partition coefficient (Wildman–Crippen LogP) is 3.17. The molecule has 0 aromatic heterocycles. The van der Waals surface area contributed by atoms with Gasteiger partial charge < -0.3 is 10.1 Å². The highest BCUT2D eigenvalue weighted by Gasteiger charge is 2.34. The van der Waals surface area contributed by atoms with E-state index in [4.69, 9.17) is 4.74 Å². The molecule has 0 unspecified atom stereocenters. The Balaban J connectivity index is 1.67. The zero-order valence-corrected chi connectivity index (χ0v) is 14.2. The van der Waals surface area contributed by atoms with E-state index in [1.165, 1.54) is 28.6 Å². The zero-order chi connectivity index (χ0) is 14.4. The van der Waals surface area contributed by atoms with Crippen LogP contribution in [0.4, 0.5) is 0 Å². The molecule has 2 nitrogen and oxygen atoms in total. The molecule has 0 aliphatic carbocycles. The van der Waals surface area contributed by atoms with E-state index in [0.717, 1.165) is 32.6 Å². The maximum absolute atomic E-state index is 5.62. The summed E-state index contributed by atoms with van der Waals surface area (Å²) in [5.41, 5.74) is 1.75. The van der Waals surface area contributed by atoms with Crippen molar-refractivity contribution in [3.8, 4) is 0 Å². The topological polar surface area (TPSA) is 21.3 Å². The van der Waals surface area contributed by atoms with Crippen molar-refractivity contribution in [2.45, 2.75) is 24.3 Å². The van der Waals surface area contributed by atoms with Gasteiger partial charge in [0, 0.05) is 54.2 Å². The Bertz CT molecular complexity index is 412. The van der Waals surface area contributed by atoms with Crippen LogP contribution >= 0.6 is 23.5 Å². The molecule has 2 saturated heterocycles. The summed E-state index contributed by atoms with van der Waals surface area (Å²) in [4.78, 5) is 0. The average molecular weight is 324 g/mol. The third kappa shape index (κ3) is 4.19. The van der Waals surface area contributed by atoms with Gasteiger partial charge in [-0.05, 0) is 18.4 Å². The fraction of sp³-hybridized carbons (Fsp3) is 0.647. The second kappa shape index (κ2) is 7.91. The highest BCUT2D eigenvalue weighted by Crippen LogP contribution is 2.34. The first-order valence-corrected chi connectivity index (χ1v) is 10.2. The molecule has 0 saturated carbocycles. The zero-order valence-electron chi connectivity index (χ0n) is 12.6. The fourth-order valence-electron chi connectivity index (χ4n) is 3.20. The summed E-state index contributed by atoms with van der Waals surface area (Å²) in [6.07, 6.45) is 2.27. The predicted molar refractivity (Wildman–Crippen MR) is 94.6 cm³/mol. The van der Waals surface area contributed by atoms with Crippen LogP contribution in [0.3, 0.4) is 0 Å². The van der Waals surface area contributed by atoms with Crippen LogP contribution in [0.15, 0.2) is 30.3 Å². The molecular formula is C17H25NOS2. The summed E-state index contributed by atoms with van der Waals surface area (Å²) < 4.78 is 5.62. The van der Waals surface area contributed by atoms with Gasteiger partial charge in [-0.3, -0.25) is 0 Å². The molecule has 116 valence electrons. The van der Waals surface area contributed by atoms with Gasteiger partial charge in [0.1, 0.15) is 0 Å². The van der Waals surface area contributed by atoms with Crippen LogP contribution in [0.1, 0.15) is 18.4 Å². The second-order valence-corrected chi connectivity index (χ2v) is 8.29. The number of rotatable bonds is 4. The lowest BCUT2D eigenvalue weighted by atomic mass is 9.74. The molecule has 0 amide bonds. The van der Waals surface area contributed by atoms with E-state index in [1.54, 1.807) is 0 Å². The lowest BCUT2D eigenvalue weighted by Crippen LogP contribution is -2.47. The molecule has 2 aliphatic rings. The minimum absolute atomic E-state index is 0.265. The van der Waals surface area contributed by atoms with Crippen LogP contribution < -0.4 is 5.32 Å². The van der Waals surface area contributed by atoms with Crippen molar-refractivity contribution in [2.24, 2.45) is 0 Å². The molecule has 0 spiro atoms. The smallest absolute Gasteiger partial charge is 0.0475 e. The van der Waals surface area contributed by atoms with E-state index in [1.807, 2.05) is 0 Å². The van der Waals surface area contributed by atoms with Crippen LogP contribution in [0.2, 0.25) is 0 Å². The molecular weight excluding hydrogens is 298 g/mol. The average Bonchev–Trinajstić information content (AvgIpc) is 2.83. The highest BCUT2D eigenvalue weighted by molar-refractivity contribution is 8.03. The van der Waals surface area contributed by atoms with E-state index >= 15 is 0 Å². The van der Waals surface area contributed by atoms with Crippen LogP contribution in [-0.2, 0) is 10.2 Å². The van der Waals surface area contributed by atoms with Gasteiger partial charge in [0.2, 0.25) is 0 Å². The molecule has 0 radical (unpaired) electrons. The van der Waals surface area contributed by atoms with Crippen LogP contribution in [0.25, 0.3) is 0 Å². The first-order chi connectivity index (χ1) is 10.4. The summed E-state index contributed by atoms with van der Waals surface area (Å²) in [6.45, 7) is 2.88. The summed E-state index contributed by atoms with van der Waals surface area (Å²) in [5.74, 6) is 5.13. The molecule has 1 aromatic rings. The Morgan fingerprint density at radius 3 is 2.38 bits per heavy atom. The number of hydrogen-bond donors (Lipinski definition) is 1. The minimum atomic E-state index is 0.265. The van der Waals surface area contributed by atoms with Gasteiger partial charge in [-0.25, -0.2) is 0 Å². The van der Waals surface area contributed by atoms with Crippen molar-refractivity contribution >= 4 is 23.5 Å². The highest BCUT2D eigenvalue weighted by atomic mass is 32.2. The van der Waals surface area contributed by atoms with Gasteiger partial charge in [-0.15, -0.1) is 0 Å². The SMILES string of the molecule is c1ccc(C2(CNC3CSCCSC3)CCOCC2)cc1. The largest absolute Gasteiger partial charge is 0.381 e. The van der Waals surface area contributed by atoms with E-state index in [-0.39, 0.29) is 5.41 Å². The van der Waals surface area contributed by atoms with Crippen LogP contribution in [-0.4, -0.2) is 48.8 Å². The molecule has 1 aromatic carbocycles. The van der Waals surface area contributed by atoms with Gasteiger partial charge in [0.25, 0.3) is 0 Å². The second-order valence-electron chi connectivity index (χ2n) is 5.99. The summed E-state index contributed by atoms with van der Waals surface area (Å²) in [6, 6.07) is 11.7. The normalized spacial score (nSPS) is 23.6. The number of hydrogen-bond acceptors (Lipinski definition) is 4.